The lowest BCUT2D eigenvalue weighted by atomic mass is 10.1. The largest absolute Gasteiger partial charge is 0.0843 e. The first kappa shape index (κ1) is 14.5. The fraction of sp³-hybridized carbons (Fsp3) is 0.571. The topological polar surface area (TPSA) is 0 Å². The van der Waals surface area contributed by atoms with Gasteiger partial charge in [-0.05, 0) is 12.1 Å². The molecule has 0 atom stereocenters. The van der Waals surface area contributed by atoms with E-state index in [0.717, 1.165) is 5.02 Å². The monoisotopic (exact) mass is 226 g/mol. The Kier molecular flexibility index (Phi) is 11.2. The molecule has 0 aliphatic carbocycles. The van der Waals surface area contributed by atoms with E-state index in [0.29, 0.717) is 0 Å². The van der Waals surface area contributed by atoms with Gasteiger partial charge in [-0.3, -0.25) is 0 Å². The summed E-state index contributed by atoms with van der Waals surface area (Å²) in [5.41, 5.74) is 0. The van der Waals surface area contributed by atoms with E-state index < -0.39 is 0 Å². The molecular weight excluding hydrogens is 204 g/mol. The smallest absolute Gasteiger partial charge is 0.0405 e. The van der Waals surface area contributed by atoms with Gasteiger partial charge >= 0.3 is 0 Å². The third kappa shape index (κ3) is 11.4. The first-order chi connectivity index (χ1) is 7.31. The Bertz CT molecular complexity index is 200. The Balaban J connectivity index is 0.000000262. The highest BCUT2D eigenvalue weighted by Crippen LogP contribution is 2.04. The molecule has 1 rings (SSSR count). The van der Waals surface area contributed by atoms with E-state index in [2.05, 4.69) is 13.8 Å². The lowest BCUT2D eigenvalue weighted by Gasteiger charge is -1.93. The number of hydrogen-bond donors (Lipinski definition) is 0. The summed E-state index contributed by atoms with van der Waals surface area (Å²) in [6.45, 7) is 4.51. The fourth-order valence-electron chi connectivity index (χ4n) is 1.27. The van der Waals surface area contributed by atoms with Crippen LogP contribution in [-0.4, -0.2) is 0 Å². The average molecular weight is 227 g/mol. The van der Waals surface area contributed by atoms with Gasteiger partial charge in [0.2, 0.25) is 0 Å². The van der Waals surface area contributed by atoms with Gasteiger partial charge in [-0.1, -0.05) is 82.2 Å². The van der Waals surface area contributed by atoms with Crippen LogP contribution in [0.25, 0.3) is 0 Å². The van der Waals surface area contributed by atoms with E-state index in [1.54, 1.807) is 0 Å². The van der Waals surface area contributed by atoms with Crippen molar-refractivity contribution in [2.45, 2.75) is 52.4 Å². The molecule has 0 saturated heterocycles. The summed E-state index contributed by atoms with van der Waals surface area (Å²) in [5, 5.41) is 0.794. The zero-order chi connectivity index (χ0) is 11.4. The maximum absolute atomic E-state index is 5.54. The van der Waals surface area contributed by atoms with Crippen molar-refractivity contribution in [2.24, 2.45) is 0 Å². The molecule has 0 aliphatic rings. The fourth-order valence-corrected chi connectivity index (χ4v) is 1.41. The molecule has 0 nitrogen and oxygen atoms in total. The van der Waals surface area contributed by atoms with Gasteiger partial charge in [0.1, 0.15) is 0 Å². The van der Waals surface area contributed by atoms with Crippen LogP contribution in [0.1, 0.15) is 52.4 Å². The Labute approximate surface area is 99.7 Å². The molecule has 0 spiro atoms. The van der Waals surface area contributed by atoms with Crippen LogP contribution < -0.4 is 0 Å². The molecule has 15 heavy (non-hydrogen) atoms. The molecule has 1 aromatic rings. The summed E-state index contributed by atoms with van der Waals surface area (Å²) < 4.78 is 0. The van der Waals surface area contributed by atoms with Crippen LogP contribution in [0, 0.1) is 0 Å². The molecule has 0 unspecified atom stereocenters. The lowest BCUT2D eigenvalue weighted by molar-refractivity contribution is 0.624. The van der Waals surface area contributed by atoms with Crippen molar-refractivity contribution in [3.05, 3.63) is 35.4 Å². The predicted octanol–water partition coefficient (Wildman–Crippen LogP) is 5.71. The second kappa shape index (κ2) is 11.6. The molecule has 0 bridgehead atoms. The zero-order valence-corrected chi connectivity index (χ0v) is 10.8. The van der Waals surface area contributed by atoms with Crippen molar-refractivity contribution in [3.8, 4) is 0 Å². The van der Waals surface area contributed by atoms with Crippen molar-refractivity contribution in [1.82, 2.24) is 0 Å². The van der Waals surface area contributed by atoms with Crippen molar-refractivity contribution in [2.75, 3.05) is 0 Å². The van der Waals surface area contributed by atoms with Gasteiger partial charge in [0.05, 0.1) is 0 Å². The summed E-state index contributed by atoms with van der Waals surface area (Å²) in [5.74, 6) is 0. The Morgan fingerprint density at radius 3 is 1.53 bits per heavy atom. The maximum Gasteiger partial charge on any atom is 0.0405 e. The quantitative estimate of drug-likeness (QED) is 0.565. The van der Waals surface area contributed by atoms with Crippen LogP contribution in [0.2, 0.25) is 5.02 Å². The van der Waals surface area contributed by atoms with Gasteiger partial charge in [-0.25, -0.2) is 0 Å². The maximum atomic E-state index is 5.54. The first-order valence-electron chi connectivity index (χ1n) is 6.01. The standard InChI is InChI=1S/C8H18.C6H5Cl/c1-3-5-7-8-6-4-2;7-6-4-2-1-3-5-6/h3-8H2,1-2H3;1-5H. The van der Waals surface area contributed by atoms with Crippen LogP contribution in [0.3, 0.4) is 0 Å². The molecule has 0 saturated carbocycles. The molecule has 1 heteroatoms. The van der Waals surface area contributed by atoms with E-state index in [9.17, 15) is 0 Å². The lowest BCUT2D eigenvalue weighted by Crippen LogP contribution is -1.73. The number of rotatable bonds is 5. The third-order valence-electron chi connectivity index (χ3n) is 2.19. The van der Waals surface area contributed by atoms with E-state index >= 15 is 0 Å². The third-order valence-corrected chi connectivity index (χ3v) is 2.44. The highest BCUT2D eigenvalue weighted by Gasteiger charge is 1.83. The molecule has 0 radical (unpaired) electrons. The number of hydrogen-bond acceptors (Lipinski definition) is 0. The second-order valence-corrected chi connectivity index (χ2v) is 4.15. The molecule has 0 fully saturated rings. The molecule has 86 valence electrons. The Morgan fingerprint density at radius 2 is 1.27 bits per heavy atom. The minimum atomic E-state index is 0.794. The summed E-state index contributed by atoms with van der Waals surface area (Å²) in [6, 6.07) is 9.44. The molecular formula is C14H23Cl. The highest BCUT2D eigenvalue weighted by molar-refractivity contribution is 6.30. The molecule has 0 heterocycles. The van der Waals surface area contributed by atoms with Crippen molar-refractivity contribution in [1.29, 1.82) is 0 Å². The van der Waals surface area contributed by atoms with Gasteiger partial charge in [-0.15, -0.1) is 0 Å². The summed E-state index contributed by atoms with van der Waals surface area (Å²) >= 11 is 5.54. The second-order valence-electron chi connectivity index (χ2n) is 3.71. The molecule has 0 N–H and O–H groups in total. The number of benzene rings is 1. The average Bonchev–Trinajstić information content (AvgIpc) is 2.27. The van der Waals surface area contributed by atoms with Crippen LogP contribution >= 0.6 is 11.6 Å². The Morgan fingerprint density at radius 1 is 0.800 bits per heavy atom. The van der Waals surface area contributed by atoms with E-state index in [1.807, 2.05) is 30.3 Å². The van der Waals surface area contributed by atoms with Crippen molar-refractivity contribution >= 4 is 11.6 Å². The summed E-state index contributed by atoms with van der Waals surface area (Å²) in [7, 11) is 0. The van der Waals surface area contributed by atoms with Gasteiger partial charge in [0.25, 0.3) is 0 Å². The van der Waals surface area contributed by atoms with Gasteiger partial charge in [-0.2, -0.15) is 0 Å². The summed E-state index contributed by atoms with van der Waals surface area (Å²) in [6.07, 6.45) is 8.49. The SMILES string of the molecule is CCCCCCCC.Clc1ccccc1. The van der Waals surface area contributed by atoms with Crippen molar-refractivity contribution < 1.29 is 0 Å². The van der Waals surface area contributed by atoms with Gasteiger partial charge in [0, 0.05) is 5.02 Å². The van der Waals surface area contributed by atoms with Crippen LogP contribution in [0.15, 0.2) is 30.3 Å². The minimum absolute atomic E-state index is 0.794. The van der Waals surface area contributed by atoms with E-state index in [-0.39, 0.29) is 0 Å². The van der Waals surface area contributed by atoms with E-state index in [1.165, 1.54) is 38.5 Å². The molecule has 0 amide bonds. The zero-order valence-electron chi connectivity index (χ0n) is 10.0. The van der Waals surface area contributed by atoms with E-state index in [4.69, 9.17) is 11.6 Å². The van der Waals surface area contributed by atoms with Crippen molar-refractivity contribution in [3.63, 3.8) is 0 Å². The van der Waals surface area contributed by atoms with Crippen LogP contribution in [0.4, 0.5) is 0 Å². The highest BCUT2D eigenvalue weighted by atomic mass is 35.5. The first-order valence-corrected chi connectivity index (χ1v) is 6.39. The molecule has 0 aromatic heterocycles. The van der Waals surface area contributed by atoms with Gasteiger partial charge in [0.15, 0.2) is 0 Å². The molecule has 0 aliphatic heterocycles. The van der Waals surface area contributed by atoms with Crippen LogP contribution in [0.5, 0.6) is 0 Å². The number of halogens is 1. The summed E-state index contributed by atoms with van der Waals surface area (Å²) in [4.78, 5) is 0. The van der Waals surface area contributed by atoms with Crippen LogP contribution in [-0.2, 0) is 0 Å². The van der Waals surface area contributed by atoms with Gasteiger partial charge < -0.3 is 0 Å². The normalized spacial score (nSPS) is 9.27. The molecule has 1 aromatic carbocycles. The predicted molar refractivity (Wildman–Crippen MR) is 70.5 cm³/mol. The minimum Gasteiger partial charge on any atom is -0.0843 e. The number of unbranched alkanes of at least 4 members (excludes halogenated alkanes) is 5. The Hall–Kier alpha value is -0.490.